The summed E-state index contributed by atoms with van der Waals surface area (Å²) in [6.45, 7) is 6.25. The molecule has 0 fully saturated rings. The van der Waals surface area contributed by atoms with Gasteiger partial charge in [-0.05, 0) is 27.7 Å². The summed E-state index contributed by atoms with van der Waals surface area (Å²) in [5.74, 6) is -1.62. The van der Waals surface area contributed by atoms with Gasteiger partial charge < -0.3 is 15.4 Å². The molecule has 3 N–H and O–H groups in total. The minimum absolute atomic E-state index is 0.0447. The third kappa shape index (κ3) is 2.83. The fourth-order valence-corrected chi connectivity index (χ4v) is 1.37. The van der Waals surface area contributed by atoms with Crippen molar-refractivity contribution in [3.8, 4) is 0 Å². The Hall–Kier alpha value is -2.11. The maximum absolute atomic E-state index is 12.0. The van der Waals surface area contributed by atoms with Gasteiger partial charge in [0.25, 0.3) is 5.91 Å². The summed E-state index contributed by atoms with van der Waals surface area (Å²) in [5.41, 5.74) is -2.65. The maximum atomic E-state index is 12.0. The number of carbonyl (C=O) groups is 2. The topological polar surface area (TPSA) is 99.3 Å². The summed E-state index contributed by atoms with van der Waals surface area (Å²) in [5, 5.41) is 11.8. The average molecular weight is 266 g/mol. The molecule has 0 spiro atoms. The molecule has 0 bridgehead atoms. The highest BCUT2D eigenvalue weighted by Crippen LogP contribution is 2.30. The molecule has 0 saturated heterocycles. The number of aliphatic carboxylic acids is 1. The van der Waals surface area contributed by atoms with Crippen LogP contribution in [-0.2, 0) is 4.79 Å². The number of hydrogen-bond donors (Lipinski definition) is 3. The van der Waals surface area contributed by atoms with E-state index in [1.54, 1.807) is 13.8 Å². The number of nitrogens with one attached hydrogen (secondary N) is 2. The summed E-state index contributed by atoms with van der Waals surface area (Å²) in [7, 11) is 0. The van der Waals surface area contributed by atoms with E-state index in [1.807, 2.05) is 0 Å². The van der Waals surface area contributed by atoms with Crippen molar-refractivity contribution in [1.29, 1.82) is 0 Å². The molecule has 1 aromatic heterocycles. The van der Waals surface area contributed by atoms with E-state index in [0.29, 0.717) is 0 Å². The van der Waals surface area contributed by atoms with Crippen LogP contribution in [0.2, 0.25) is 0 Å². The molecule has 1 amide bonds. The Labute approximate surface area is 110 Å². The predicted molar refractivity (Wildman–Crippen MR) is 70.0 cm³/mol. The van der Waals surface area contributed by atoms with Crippen LogP contribution in [0.25, 0.3) is 0 Å². The zero-order valence-corrected chi connectivity index (χ0v) is 11.4. The van der Waals surface area contributed by atoms with Crippen LogP contribution < -0.4 is 10.7 Å². The van der Waals surface area contributed by atoms with E-state index in [2.05, 4.69) is 10.3 Å². The number of carbonyl (C=O) groups excluding carboxylic acids is 1. The lowest BCUT2D eigenvalue weighted by Crippen LogP contribution is -2.57. The summed E-state index contributed by atoms with van der Waals surface area (Å²) < 4.78 is 0. The molecule has 0 atom stereocenters. The minimum Gasteiger partial charge on any atom is -0.481 e. The van der Waals surface area contributed by atoms with Crippen molar-refractivity contribution >= 4 is 11.9 Å². The summed E-state index contributed by atoms with van der Waals surface area (Å²) in [6, 6.07) is 1.24. The van der Waals surface area contributed by atoms with Gasteiger partial charge in [0.2, 0.25) is 0 Å². The van der Waals surface area contributed by atoms with Gasteiger partial charge in [0.1, 0.15) is 5.56 Å². The highest BCUT2D eigenvalue weighted by Gasteiger charge is 2.44. The molecule has 0 unspecified atom stereocenters. The SMILES string of the molecule is CC(C)(NC(=O)c1c[nH]ccc1=O)C(C)(C)C(=O)O. The fourth-order valence-electron chi connectivity index (χ4n) is 1.37. The van der Waals surface area contributed by atoms with Crippen molar-refractivity contribution < 1.29 is 14.7 Å². The maximum Gasteiger partial charge on any atom is 0.311 e. The van der Waals surface area contributed by atoms with Gasteiger partial charge in [-0.2, -0.15) is 0 Å². The molecule has 0 aliphatic carbocycles. The highest BCUT2D eigenvalue weighted by molar-refractivity contribution is 5.94. The molecule has 1 rings (SSSR count). The minimum atomic E-state index is -1.18. The first kappa shape index (κ1) is 14.9. The van der Waals surface area contributed by atoms with Crippen LogP contribution in [0.1, 0.15) is 38.1 Å². The number of aromatic amines is 1. The Morgan fingerprint density at radius 2 is 1.84 bits per heavy atom. The van der Waals surface area contributed by atoms with Crippen molar-refractivity contribution in [3.63, 3.8) is 0 Å². The number of H-pyrrole nitrogens is 1. The second kappa shape index (κ2) is 4.87. The van der Waals surface area contributed by atoms with Crippen LogP contribution in [0.5, 0.6) is 0 Å². The van der Waals surface area contributed by atoms with Crippen molar-refractivity contribution in [2.75, 3.05) is 0 Å². The number of pyridine rings is 1. The van der Waals surface area contributed by atoms with E-state index >= 15 is 0 Å². The smallest absolute Gasteiger partial charge is 0.311 e. The average Bonchev–Trinajstić information content (AvgIpc) is 2.28. The molecule has 0 aromatic carbocycles. The van der Waals surface area contributed by atoms with Crippen LogP contribution >= 0.6 is 0 Å². The monoisotopic (exact) mass is 266 g/mol. The van der Waals surface area contributed by atoms with Crippen LogP contribution in [0, 0.1) is 5.41 Å². The van der Waals surface area contributed by atoms with Gasteiger partial charge in [0.15, 0.2) is 5.43 Å². The standard InChI is InChI=1S/C13H18N2O4/c1-12(2,11(18)19)13(3,4)15-10(17)8-7-14-6-5-9(8)16/h5-7H,1-4H3,(H,14,16)(H,15,17)(H,18,19). The van der Waals surface area contributed by atoms with Gasteiger partial charge in [-0.25, -0.2) is 0 Å². The number of aromatic nitrogens is 1. The van der Waals surface area contributed by atoms with Crippen molar-refractivity contribution in [3.05, 3.63) is 34.2 Å². The first-order valence-corrected chi connectivity index (χ1v) is 5.82. The van der Waals surface area contributed by atoms with Gasteiger partial charge in [-0.1, -0.05) is 0 Å². The molecule has 19 heavy (non-hydrogen) atoms. The van der Waals surface area contributed by atoms with Crippen molar-refractivity contribution in [2.24, 2.45) is 5.41 Å². The Morgan fingerprint density at radius 1 is 1.26 bits per heavy atom. The third-order valence-electron chi connectivity index (χ3n) is 3.59. The zero-order chi connectivity index (χ0) is 14.8. The van der Waals surface area contributed by atoms with E-state index in [-0.39, 0.29) is 5.56 Å². The van der Waals surface area contributed by atoms with Crippen LogP contribution in [0.3, 0.4) is 0 Å². The summed E-state index contributed by atoms with van der Waals surface area (Å²) in [6.07, 6.45) is 2.72. The van der Waals surface area contributed by atoms with Gasteiger partial charge in [0, 0.05) is 18.5 Å². The molecule has 6 heteroatoms. The third-order valence-corrected chi connectivity index (χ3v) is 3.59. The molecule has 0 aliphatic heterocycles. The van der Waals surface area contributed by atoms with E-state index in [0.717, 1.165) is 0 Å². The molecular weight excluding hydrogens is 248 g/mol. The molecule has 0 radical (unpaired) electrons. The lowest BCUT2D eigenvalue weighted by atomic mass is 9.74. The predicted octanol–water partition coefficient (Wildman–Crippen LogP) is 0.994. The molecule has 1 aromatic rings. The van der Waals surface area contributed by atoms with Crippen LogP contribution in [-0.4, -0.2) is 27.5 Å². The Morgan fingerprint density at radius 3 is 2.32 bits per heavy atom. The largest absolute Gasteiger partial charge is 0.481 e. The Kier molecular flexibility index (Phi) is 3.83. The molecular formula is C13H18N2O4. The van der Waals surface area contributed by atoms with Crippen LogP contribution in [0.15, 0.2) is 23.3 Å². The van der Waals surface area contributed by atoms with E-state index in [1.165, 1.54) is 32.3 Å². The quantitative estimate of drug-likeness (QED) is 0.756. The number of carboxylic acid groups (broad SMARTS) is 1. The molecule has 1 heterocycles. The van der Waals surface area contributed by atoms with Crippen molar-refractivity contribution in [1.82, 2.24) is 10.3 Å². The lowest BCUT2D eigenvalue weighted by Gasteiger charge is -2.38. The second-order valence-corrected chi connectivity index (χ2v) is 5.43. The van der Waals surface area contributed by atoms with Gasteiger partial charge >= 0.3 is 5.97 Å². The van der Waals surface area contributed by atoms with E-state index < -0.39 is 28.3 Å². The van der Waals surface area contributed by atoms with Crippen molar-refractivity contribution in [2.45, 2.75) is 33.2 Å². The van der Waals surface area contributed by atoms with Gasteiger partial charge in [-0.15, -0.1) is 0 Å². The molecule has 0 aliphatic rings. The number of rotatable bonds is 4. The number of amides is 1. The normalized spacial score (nSPS) is 12.0. The first-order valence-electron chi connectivity index (χ1n) is 5.82. The van der Waals surface area contributed by atoms with Gasteiger partial charge in [0.05, 0.1) is 11.0 Å². The molecule has 0 saturated carbocycles. The molecule has 104 valence electrons. The Bertz CT molecular complexity index is 558. The summed E-state index contributed by atoms with van der Waals surface area (Å²) >= 11 is 0. The summed E-state index contributed by atoms with van der Waals surface area (Å²) in [4.78, 5) is 37.4. The number of hydrogen-bond acceptors (Lipinski definition) is 3. The lowest BCUT2D eigenvalue weighted by molar-refractivity contribution is -0.150. The van der Waals surface area contributed by atoms with E-state index in [4.69, 9.17) is 0 Å². The Balaban J connectivity index is 3.03. The highest BCUT2D eigenvalue weighted by atomic mass is 16.4. The fraction of sp³-hybridized carbons (Fsp3) is 0.462. The van der Waals surface area contributed by atoms with E-state index in [9.17, 15) is 19.5 Å². The first-order chi connectivity index (χ1) is 8.59. The number of carboxylic acids is 1. The second-order valence-electron chi connectivity index (χ2n) is 5.43. The van der Waals surface area contributed by atoms with Gasteiger partial charge in [-0.3, -0.25) is 14.4 Å². The molecule has 6 nitrogen and oxygen atoms in total. The van der Waals surface area contributed by atoms with Crippen LogP contribution in [0.4, 0.5) is 0 Å². The zero-order valence-electron chi connectivity index (χ0n) is 11.4.